The van der Waals surface area contributed by atoms with Crippen LogP contribution in [-0.2, 0) is 5.41 Å². The molecule has 7 heteroatoms. The number of thiophene rings is 2. The summed E-state index contributed by atoms with van der Waals surface area (Å²) in [4.78, 5) is 19.2. The number of nitrogens with zero attached hydrogens (tertiary/aromatic N) is 5. The molecule has 0 saturated heterocycles. The molecule has 4 aromatic heterocycles. The molecule has 0 radical (unpaired) electrons. The lowest BCUT2D eigenvalue weighted by Crippen LogP contribution is -2.16. The highest BCUT2D eigenvalue weighted by molar-refractivity contribution is 7.26. The Labute approximate surface area is 394 Å². The van der Waals surface area contributed by atoms with E-state index in [1.165, 1.54) is 68.0 Å². The Bertz CT molecular complexity index is 4050. The molecule has 0 amide bonds. The summed E-state index contributed by atoms with van der Waals surface area (Å²) in [7, 11) is 0. The van der Waals surface area contributed by atoms with Crippen LogP contribution in [0.25, 0.3) is 102 Å². The number of hydrogen-bond acceptors (Lipinski definition) is 6. The van der Waals surface area contributed by atoms with Gasteiger partial charge in [0.2, 0.25) is 5.95 Å². The monoisotopic (exact) mass is 893 g/mol. The molecule has 14 rings (SSSR count). The van der Waals surface area contributed by atoms with Crippen LogP contribution < -0.4 is 4.90 Å². The minimum atomic E-state index is -0.138. The van der Waals surface area contributed by atoms with E-state index in [0.29, 0.717) is 17.6 Å². The Morgan fingerprint density at radius 2 is 0.985 bits per heavy atom. The maximum atomic E-state index is 5.71. The van der Waals surface area contributed by atoms with Crippen molar-refractivity contribution >= 4 is 102 Å². The molecule has 9 aromatic carbocycles. The fourth-order valence-corrected chi connectivity index (χ4v) is 13.1. The molecule has 0 aliphatic heterocycles. The minimum Gasteiger partial charge on any atom is -0.309 e. The molecule has 316 valence electrons. The SMILES string of the molecule is CC1(C)c2ccccc2-c2cc(-c3nc(-c4cccc5c6ccccc6n(-c6ccccc6)c45)nc(N(c4cccc5sc6ccccc6c45)c4cccc5sc6ccccc6c45)n3)ccc21. The average molecular weight is 894 g/mol. The third-order valence-corrected chi connectivity index (χ3v) is 16.1. The predicted octanol–water partition coefficient (Wildman–Crippen LogP) is 16.8. The molecular formula is C60H39N5S2. The van der Waals surface area contributed by atoms with E-state index in [-0.39, 0.29) is 5.41 Å². The van der Waals surface area contributed by atoms with E-state index in [9.17, 15) is 0 Å². The second kappa shape index (κ2) is 14.5. The van der Waals surface area contributed by atoms with Crippen molar-refractivity contribution in [2.24, 2.45) is 0 Å². The summed E-state index contributed by atoms with van der Waals surface area (Å²) in [6.45, 7) is 4.65. The lowest BCUT2D eigenvalue weighted by molar-refractivity contribution is 0.660. The van der Waals surface area contributed by atoms with Crippen molar-refractivity contribution in [2.75, 3.05) is 4.90 Å². The maximum Gasteiger partial charge on any atom is 0.238 e. The Kier molecular flexibility index (Phi) is 8.30. The summed E-state index contributed by atoms with van der Waals surface area (Å²) in [5, 5.41) is 7.06. The van der Waals surface area contributed by atoms with Gasteiger partial charge in [-0.15, -0.1) is 22.7 Å². The van der Waals surface area contributed by atoms with Crippen LogP contribution in [0.5, 0.6) is 0 Å². The van der Waals surface area contributed by atoms with Crippen molar-refractivity contribution in [2.45, 2.75) is 19.3 Å². The molecule has 0 N–H and O–H groups in total. The molecular weight excluding hydrogens is 855 g/mol. The number of para-hydroxylation sites is 3. The molecule has 1 aliphatic carbocycles. The lowest BCUT2D eigenvalue weighted by atomic mass is 9.82. The molecule has 0 spiro atoms. The first-order valence-electron chi connectivity index (χ1n) is 22.7. The average Bonchev–Trinajstić information content (AvgIpc) is 4.11. The van der Waals surface area contributed by atoms with Gasteiger partial charge in [0.1, 0.15) is 0 Å². The van der Waals surface area contributed by atoms with Crippen molar-refractivity contribution in [1.29, 1.82) is 0 Å². The molecule has 0 bridgehead atoms. The van der Waals surface area contributed by atoms with E-state index in [2.05, 4.69) is 224 Å². The van der Waals surface area contributed by atoms with Gasteiger partial charge in [-0.1, -0.05) is 147 Å². The van der Waals surface area contributed by atoms with Gasteiger partial charge in [0.15, 0.2) is 11.6 Å². The highest BCUT2D eigenvalue weighted by atomic mass is 32.1. The van der Waals surface area contributed by atoms with Gasteiger partial charge >= 0.3 is 0 Å². The van der Waals surface area contributed by atoms with E-state index < -0.39 is 0 Å². The van der Waals surface area contributed by atoms with Gasteiger partial charge in [-0.25, -0.2) is 4.98 Å². The van der Waals surface area contributed by atoms with Crippen LogP contribution in [0.1, 0.15) is 25.0 Å². The van der Waals surface area contributed by atoms with Crippen LogP contribution in [0.2, 0.25) is 0 Å². The normalized spacial score (nSPS) is 13.0. The van der Waals surface area contributed by atoms with Crippen molar-refractivity contribution in [3.63, 3.8) is 0 Å². The quantitative estimate of drug-likeness (QED) is 0.167. The number of benzene rings is 9. The van der Waals surface area contributed by atoms with Gasteiger partial charge in [0.05, 0.1) is 22.4 Å². The molecule has 67 heavy (non-hydrogen) atoms. The Balaban J connectivity index is 1.11. The Hall–Kier alpha value is -7.97. The largest absolute Gasteiger partial charge is 0.309 e. The summed E-state index contributed by atoms with van der Waals surface area (Å²) >= 11 is 3.64. The topological polar surface area (TPSA) is 46.8 Å². The van der Waals surface area contributed by atoms with E-state index in [1.807, 2.05) is 22.7 Å². The van der Waals surface area contributed by atoms with Crippen LogP contribution in [0, 0.1) is 0 Å². The first kappa shape index (κ1) is 38.3. The zero-order valence-corrected chi connectivity index (χ0v) is 38.2. The zero-order valence-electron chi connectivity index (χ0n) is 36.6. The fraction of sp³-hybridized carbons (Fsp3) is 0.0500. The van der Waals surface area contributed by atoms with Gasteiger partial charge in [0.25, 0.3) is 0 Å². The van der Waals surface area contributed by atoms with Crippen LogP contribution >= 0.6 is 22.7 Å². The fourth-order valence-electron chi connectivity index (χ4n) is 10.8. The van der Waals surface area contributed by atoms with Gasteiger partial charge in [-0.2, -0.15) is 9.97 Å². The van der Waals surface area contributed by atoms with E-state index >= 15 is 0 Å². The maximum absolute atomic E-state index is 5.71. The Morgan fingerprint density at radius 3 is 1.72 bits per heavy atom. The van der Waals surface area contributed by atoms with Crippen LogP contribution in [0.4, 0.5) is 17.3 Å². The highest BCUT2D eigenvalue weighted by Crippen LogP contribution is 2.51. The van der Waals surface area contributed by atoms with E-state index in [0.717, 1.165) is 44.6 Å². The number of hydrogen-bond donors (Lipinski definition) is 0. The second-order valence-corrected chi connectivity index (χ2v) is 20.1. The Morgan fingerprint density at radius 1 is 0.433 bits per heavy atom. The molecule has 13 aromatic rings. The third kappa shape index (κ3) is 5.68. The van der Waals surface area contributed by atoms with Gasteiger partial charge < -0.3 is 4.57 Å². The highest BCUT2D eigenvalue weighted by Gasteiger charge is 2.36. The lowest BCUT2D eigenvalue weighted by Gasteiger charge is -2.26. The first-order valence-corrected chi connectivity index (χ1v) is 24.3. The van der Waals surface area contributed by atoms with Gasteiger partial charge in [-0.05, 0) is 89.0 Å². The summed E-state index contributed by atoms with van der Waals surface area (Å²) in [6, 6.07) is 72.2. The summed E-state index contributed by atoms with van der Waals surface area (Å²) in [5.41, 5.74) is 12.1. The predicted molar refractivity (Wildman–Crippen MR) is 283 cm³/mol. The number of anilines is 3. The molecule has 0 unspecified atom stereocenters. The van der Waals surface area contributed by atoms with Crippen molar-refractivity contribution in [3.05, 3.63) is 211 Å². The van der Waals surface area contributed by atoms with E-state index in [1.54, 1.807) is 0 Å². The van der Waals surface area contributed by atoms with Crippen LogP contribution in [0.15, 0.2) is 200 Å². The molecule has 5 nitrogen and oxygen atoms in total. The number of rotatable bonds is 6. The first-order chi connectivity index (χ1) is 33.0. The van der Waals surface area contributed by atoms with Gasteiger partial charge in [-0.3, -0.25) is 4.90 Å². The summed E-state index contributed by atoms with van der Waals surface area (Å²) < 4.78 is 7.26. The number of fused-ring (bicyclic) bond motifs is 12. The van der Waals surface area contributed by atoms with Crippen LogP contribution in [-0.4, -0.2) is 19.5 Å². The zero-order chi connectivity index (χ0) is 44.4. The molecule has 0 fully saturated rings. The van der Waals surface area contributed by atoms with Crippen molar-refractivity contribution in [3.8, 4) is 39.6 Å². The van der Waals surface area contributed by atoms with Crippen LogP contribution in [0.3, 0.4) is 0 Å². The molecule has 1 aliphatic rings. The minimum absolute atomic E-state index is 0.138. The van der Waals surface area contributed by atoms with Crippen molar-refractivity contribution < 1.29 is 0 Å². The second-order valence-electron chi connectivity index (χ2n) is 17.9. The number of aromatic nitrogens is 4. The third-order valence-electron chi connectivity index (χ3n) is 13.9. The standard InChI is InChI=1S/C60H39N5S2/c1-60(2)45-25-10-6-19-38(45)44-35-36(33-34-46(44)60)57-61-58(43-24-14-23-40-39-20-7-11-26-47(39)64(56(40)43)37-17-4-3-5-18-37)63-59(62-57)65(48-27-15-31-52-54(48)41-21-8-12-29-50(41)66-52)49-28-16-32-53-55(49)42-22-9-13-30-51(42)67-53/h3-35H,1-2H3. The van der Waals surface area contributed by atoms with E-state index in [4.69, 9.17) is 15.0 Å². The smallest absolute Gasteiger partial charge is 0.238 e. The summed E-state index contributed by atoms with van der Waals surface area (Å²) in [6.07, 6.45) is 0. The molecule has 4 heterocycles. The van der Waals surface area contributed by atoms with Gasteiger partial charge in [0, 0.05) is 73.3 Å². The molecule has 0 atom stereocenters. The summed E-state index contributed by atoms with van der Waals surface area (Å²) in [5.74, 6) is 1.76. The molecule has 0 saturated carbocycles. The van der Waals surface area contributed by atoms with Crippen molar-refractivity contribution in [1.82, 2.24) is 19.5 Å².